The van der Waals surface area contributed by atoms with Gasteiger partial charge in [0, 0.05) is 33.6 Å². The predicted molar refractivity (Wildman–Crippen MR) is 213 cm³/mol. The van der Waals surface area contributed by atoms with Crippen molar-refractivity contribution < 1.29 is 0 Å². The highest BCUT2D eigenvalue weighted by molar-refractivity contribution is 6.07. The van der Waals surface area contributed by atoms with Crippen LogP contribution in [0.4, 0.5) is 17.1 Å². The molecule has 0 amide bonds. The smallest absolute Gasteiger partial charge is 0.0973 e. The molecule has 0 saturated carbocycles. The number of hydrogen-bond donors (Lipinski definition) is 0. The fourth-order valence-electron chi connectivity index (χ4n) is 6.99. The number of rotatable bonds is 7. The second kappa shape index (κ2) is 13.2. The van der Waals surface area contributed by atoms with Crippen LogP contribution < -0.4 is 4.90 Å². The van der Waals surface area contributed by atoms with E-state index in [1.54, 1.807) is 0 Å². The third kappa shape index (κ3) is 5.81. The summed E-state index contributed by atoms with van der Waals surface area (Å²) in [6.45, 7) is 0. The molecule has 0 fully saturated rings. The van der Waals surface area contributed by atoms with E-state index in [-0.39, 0.29) is 0 Å². The molecule has 9 aromatic rings. The minimum Gasteiger partial charge on any atom is -0.311 e. The summed E-state index contributed by atoms with van der Waals surface area (Å²) < 4.78 is 0. The monoisotopic (exact) mass is 651 g/mol. The van der Waals surface area contributed by atoms with Gasteiger partial charge in [-0.05, 0) is 76.2 Å². The Morgan fingerprint density at radius 1 is 0.333 bits per heavy atom. The van der Waals surface area contributed by atoms with Crippen LogP contribution >= 0.6 is 0 Å². The standard InChI is InChI=1S/C48H33N3/c1-5-15-35(16-6-1)46-47(36-17-7-2-8-18-36)50-48-44-31-27-37(33-38(44)28-32-45(48)49-46)43-24-14-13-23-42(43)34-25-29-41(30-26-34)51(39-19-9-3-10-20-39)40-21-11-4-12-22-40/h1-33H. The van der Waals surface area contributed by atoms with Gasteiger partial charge in [0.15, 0.2) is 0 Å². The summed E-state index contributed by atoms with van der Waals surface area (Å²) in [6, 6.07) is 70.2. The maximum absolute atomic E-state index is 5.32. The number of nitrogens with zero attached hydrogens (tertiary/aromatic N) is 3. The van der Waals surface area contributed by atoms with E-state index >= 15 is 0 Å². The third-order valence-corrected chi connectivity index (χ3v) is 9.45. The van der Waals surface area contributed by atoms with Crippen LogP contribution in [0.3, 0.4) is 0 Å². The van der Waals surface area contributed by atoms with E-state index in [1.807, 2.05) is 24.3 Å². The molecule has 0 spiro atoms. The van der Waals surface area contributed by atoms with E-state index in [0.29, 0.717) is 0 Å². The summed E-state index contributed by atoms with van der Waals surface area (Å²) in [7, 11) is 0. The van der Waals surface area contributed by atoms with Crippen molar-refractivity contribution in [3.05, 3.63) is 200 Å². The number of hydrogen-bond acceptors (Lipinski definition) is 3. The molecule has 0 aliphatic rings. The summed E-state index contributed by atoms with van der Waals surface area (Å²) in [5, 5.41) is 2.22. The molecule has 0 aliphatic carbocycles. The number of para-hydroxylation sites is 2. The van der Waals surface area contributed by atoms with Gasteiger partial charge in [0.2, 0.25) is 0 Å². The number of fused-ring (bicyclic) bond motifs is 3. The first kappa shape index (κ1) is 30.2. The van der Waals surface area contributed by atoms with E-state index in [4.69, 9.17) is 9.97 Å². The van der Waals surface area contributed by atoms with Crippen molar-refractivity contribution in [1.29, 1.82) is 0 Å². The Hall–Kier alpha value is -6.84. The summed E-state index contributed by atoms with van der Waals surface area (Å²) >= 11 is 0. The molecule has 8 aromatic carbocycles. The molecule has 0 unspecified atom stereocenters. The fourth-order valence-corrected chi connectivity index (χ4v) is 6.99. The van der Waals surface area contributed by atoms with Gasteiger partial charge in [0.1, 0.15) is 0 Å². The van der Waals surface area contributed by atoms with Crippen LogP contribution in [-0.2, 0) is 0 Å². The summed E-state index contributed by atoms with van der Waals surface area (Å²) in [5.74, 6) is 0. The predicted octanol–water partition coefficient (Wildman–Crippen LogP) is 12.9. The molecule has 240 valence electrons. The molecule has 0 N–H and O–H groups in total. The molecule has 0 radical (unpaired) electrons. The normalized spacial score (nSPS) is 11.1. The maximum atomic E-state index is 5.32. The van der Waals surface area contributed by atoms with E-state index in [0.717, 1.165) is 66.9 Å². The van der Waals surface area contributed by atoms with E-state index in [2.05, 4.69) is 181 Å². The van der Waals surface area contributed by atoms with Gasteiger partial charge < -0.3 is 4.90 Å². The molecule has 1 heterocycles. The SMILES string of the molecule is c1ccc(-c2nc3ccc4cc(-c5ccccc5-c5ccc(N(c6ccccc6)c6ccccc6)cc5)ccc4c3nc2-c2ccccc2)cc1. The van der Waals surface area contributed by atoms with Gasteiger partial charge in [-0.25, -0.2) is 9.97 Å². The van der Waals surface area contributed by atoms with Crippen molar-refractivity contribution in [1.82, 2.24) is 9.97 Å². The lowest BCUT2D eigenvalue weighted by Gasteiger charge is -2.25. The molecule has 0 bridgehead atoms. The first-order chi connectivity index (χ1) is 25.3. The second-order valence-corrected chi connectivity index (χ2v) is 12.6. The van der Waals surface area contributed by atoms with Crippen molar-refractivity contribution in [2.24, 2.45) is 0 Å². The van der Waals surface area contributed by atoms with Crippen molar-refractivity contribution in [3.63, 3.8) is 0 Å². The van der Waals surface area contributed by atoms with Gasteiger partial charge in [0.05, 0.1) is 22.4 Å². The molecule has 0 atom stereocenters. The second-order valence-electron chi connectivity index (χ2n) is 12.6. The van der Waals surface area contributed by atoms with Crippen molar-refractivity contribution in [3.8, 4) is 44.8 Å². The first-order valence-electron chi connectivity index (χ1n) is 17.3. The van der Waals surface area contributed by atoms with Crippen LogP contribution in [0.25, 0.3) is 66.6 Å². The van der Waals surface area contributed by atoms with Crippen molar-refractivity contribution in [2.45, 2.75) is 0 Å². The highest BCUT2D eigenvalue weighted by atomic mass is 15.1. The molecule has 51 heavy (non-hydrogen) atoms. The van der Waals surface area contributed by atoms with Crippen LogP contribution in [0.1, 0.15) is 0 Å². The Bertz CT molecular complexity index is 2560. The zero-order valence-corrected chi connectivity index (χ0v) is 27.9. The third-order valence-electron chi connectivity index (χ3n) is 9.45. The van der Waals surface area contributed by atoms with E-state index in [9.17, 15) is 0 Å². The largest absolute Gasteiger partial charge is 0.311 e. The zero-order valence-electron chi connectivity index (χ0n) is 27.9. The molecule has 3 heteroatoms. The summed E-state index contributed by atoms with van der Waals surface area (Å²) in [6.07, 6.45) is 0. The lowest BCUT2D eigenvalue weighted by Crippen LogP contribution is -2.09. The van der Waals surface area contributed by atoms with Gasteiger partial charge in [0.25, 0.3) is 0 Å². The molecule has 0 aliphatic heterocycles. The van der Waals surface area contributed by atoms with Gasteiger partial charge in [-0.2, -0.15) is 0 Å². The number of anilines is 3. The number of benzene rings is 8. The van der Waals surface area contributed by atoms with Crippen LogP contribution in [-0.4, -0.2) is 9.97 Å². The van der Waals surface area contributed by atoms with Crippen molar-refractivity contribution >= 4 is 38.9 Å². The average Bonchev–Trinajstić information content (AvgIpc) is 3.22. The minimum atomic E-state index is 0.884. The zero-order chi connectivity index (χ0) is 34.0. The Labute approximate surface area is 297 Å². The van der Waals surface area contributed by atoms with Gasteiger partial charge in [-0.1, -0.05) is 152 Å². The molecule has 1 aromatic heterocycles. The minimum absolute atomic E-state index is 0.884. The van der Waals surface area contributed by atoms with Crippen LogP contribution in [0.15, 0.2) is 200 Å². The lowest BCUT2D eigenvalue weighted by atomic mass is 9.93. The molecule has 9 rings (SSSR count). The number of aromatic nitrogens is 2. The van der Waals surface area contributed by atoms with Gasteiger partial charge in [-0.3, -0.25) is 0 Å². The Balaban J connectivity index is 1.11. The Morgan fingerprint density at radius 2 is 0.804 bits per heavy atom. The summed E-state index contributed by atoms with van der Waals surface area (Å²) in [5.41, 5.74) is 13.7. The molecule has 3 nitrogen and oxygen atoms in total. The molecular formula is C48H33N3. The van der Waals surface area contributed by atoms with Crippen LogP contribution in [0.2, 0.25) is 0 Å². The maximum Gasteiger partial charge on any atom is 0.0973 e. The first-order valence-corrected chi connectivity index (χ1v) is 17.3. The van der Waals surface area contributed by atoms with E-state index in [1.165, 1.54) is 16.7 Å². The average molecular weight is 652 g/mol. The van der Waals surface area contributed by atoms with Crippen LogP contribution in [0, 0.1) is 0 Å². The molecular weight excluding hydrogens is 619 g/mol. The lowest BCUT2D eigenvalue weighted by molar-refractivity contribution is 1.28. The van der Waals surface area contributed by atoms with Crippen LogP contribution in [0.5, 0.6) is 0 Å². The Morgan fingerprint density at radius 3 is 1.39 bits per heavy atom. The highest BCUT2D eigenvalue weighted by Crippen LogP contribution is 2.39. The molecule has 0 saturated heterocycles. The van der Waals surface area contributed by atoms with E-state index < -0.39 is 0 Å². The fraction of sp³-hybridized carbons (Fsp3) is 0. The Kier molecular flexibility index (Phi) is 7.84. The van der Waals surface area contributed by atoms with Gasteiger partial charge in [-0.15, -0.1) is 0 Å². The topological polar surface area (TPSA) is 29.0 Å². The van der Waals surface area contributed by atoms with Crippen molar-refractivity contribution in [2.75, 3.05) is 4.90 Å². The quantitative estimate of drug-likeness (QED) is 0.161. The van der Waals surface area contributed by atoms with Gasteiger partial charge >= 0.3 is 0 Å². The highest BCUT2D eigenvalue weighted by Gasteiger charge is 2.17. The summed E-state index contributed by atoms with van der Waals surface area (Å²) in [4.78, 5) is 12.8.